The molecule has 0 unspecified atom stereocenters. The van der Waals surface area contributed by atoms with E-state index in [1.54, 1.807) is 6.20 Å². The van der Waals surface area contributed by atoms with Crippen LogP contribution in [0.5, 0.6) is 0 Å². The molecule has 2 rings (SSSR count). The molecule has 1 saturated carbocycles. The number of rotatable bonds is 8. The van der Waals surface area contributed by atoms with Gasteiger partial charge in [0.05, 0.1) is 17.6 Å². The Bertz CT molecular complexity index is 385. The Balaban J connectivity index is 1.68. The Morgan fingerprint density at radius 3 is 3.11 bits per heavy atom. The largest absolute Gasteiger partial charge is 0.372 e. The molecule has 0 saturated heterocycles. The lowest BCUT2D eigenvalue weighted by atomic mass is 10.2. The Labute approximate surface area is 107 Å². The molecular formula is C13H21N3O2. The maximum absolute atomic E-state index is 11.7. The van der Waals surface area contributed by atoms with Crippen molar-refractivity contribution in [1.82, 2.24) is 10.2 Å². The van der Waals surface area contributed by atoms with E-state index in [0.29, 0.717) is 12.5 Å². The fourth-order valence-corrected chi connectivity index (χ4v) is 1.88. The lowest BCUT2D eigenvalue weighted by Gasteiger charge is -2.06. The Kier molecular flexibility index (Phi) is 4.75. The molecular weight excluding hydrogens is 230 g/mol. The van der Waals surface area contributed by atoms with E-state index in [0.717, 1.165) is 30.6 Å². The number of ether oxygens (including phenoxy) is 1. The minimum absolute atomic E-state index is 0.102. The molecule has 100 valence electrons. The number of anilines is 1. The van der Waals surface area contributed by atoms with Crippen LogP contribution >= 0.6 is 0 Å². The molecule has 1 aromatic heterocycles. The van der Waals surface area contributed by atoms with Gasteiger partial charge in [0.1, 0.15) is 6.61 Å². The highest BCUT2D eigenvalue weighted by Crippen LogP contribution is 2.41. The number of hydrogen-bond donors (Lipinski definition) is 2. The van der Waals surface area contributed by atoms with E-state index in [1.165, 1.54) is 12.8 Å². The summed E-state index contributed by atoms with van der Waals surface area (Å²) < 4.78 is 5.32. The summed E-state index contributed by atoms with van der Waals surface area (Å²) in [6.45, 7) is 2.92. The fourth-order valence-electron chi connectivity index (χ4n) is 1.88. The summed E-state index contributed by atoms with van der Waals surface area (Å²) in [5, 5.41) is 9.77. The summed E-state index contributed by atoms with van der Waals surface area (Å²) >= 11 is 0. The van der Waals surface area contributed by atoms with Gasteiger partial charge >= 0.3 is 0 Å². The van der Waals surface area contributed by atoms with E-state index < -0.39 is 0 Å². The molecule has 1 aromatic rings. The molecule has 1 aliphatic carbocycles. The van der Waals surface area contributed by atoms with Crippen molar-refractivity contribution >= 4 is 11.6 Å². The van der Waals surface area contributed by atoms with Gasteiger partial charge in [-0.25, -0.2) is 0 Å². The van der Waals surface area contributed by atoms with Gasteiger partial charge in [0.25, 0.3) is 0 Å². The maximum Gasteiger partial charge on any atom is 0.250 e. The minimum Gasteiger partial charge on any atom is -0.372 e. The number of unbranched alkanes of at least 4 members (excludes halogenated alkanes) is 2. The number of carbonyl (C=O) groups excluding carboxylic acids is 1. The lowest BCUT2D eigenvalue weighted by molar-refractivity contribution is -0.120. The summed E-state index contributed by atoms with van der Waals surface area (Å²) in [5.41, 5.74) is 1.86. The fraction of sp³-hybridized carbons (Fsp3) is 0.692. The van der Waals surface area contributed by atoms with Gasteiger partial charge in [0.2, 0.25) is 5.91 Å². The highest BCUT2D eigenvalue weighted by atomic mass is 16.5. The number of H-pyrrole nitrogens is 1. The first kappa shape index (κ1) is 13.1. The Morgan fingerprint density at radius 1 is 1.56 bits per heavy atom. The monoisotopic (exact) mass is 251 g/mol. The van der Waals surface area contributed by atoms with Crippen LogP contribution in [-0.4, -0.2) is 29.3 Å². The third-order valence-electron chi connectivity index (χ3n) is 3.05. The number of aromatic amines is 1. The molecule has 18 heavy (non-hydrogen) atoms. The number of hydrogen-bond acceptors (Lipinski definition) is 3. The molecule has 1 fully saturated rings. The van der Waals surface area contributed by atoms with Crippen molar-refractivity contribution in [2.24, 2.45) is 0 Å². The van der Waals surface area contributed by atoms with Gasteiger partial charge in [0, 0.05) is 12.5 Å². The van der Waals surface area contributed by atoms with Crippen LogP contribution in [0.2, 0.25) is 0 Å². The van der Waals surface area contributed by atoms with E-state index in [4.69, 9.17) is 4.74 Å². The van der Waals surface area contributed by atoms with Crippen molar-refractivity contribution in [1.29, 1.82) is 0 Å². The second kappa shape index (κ2) is 6.54. The second-order valence-electron chi connectivity index (χ2n) is 4.78. The van der Waals surface area contributed by atoms with Gasteiger partial charge in [-0.2, -0.15) is 5.10 Å². The first-order valence-electron chi connectivity index (χ1n) is 6.72. The molecule has 2 N–H and O–H groups in total. The van der Waals surface area contributed by atoms with Crippen molar-refractivity contribution in [2.75, 3.05) is 18.5 Å². The smallest absolute Gasteiger partial charge is 0.250 e. The first-order valence-corrected chi connectivity index (χ1v) is 6.72. The molecule has 0 atom stereocenters. The molecule has 0 aromatic carbocycles. The van der Waals surface area contributed by atoms with Crippen molar-refractivity contribution in [3.8, 4) is 0 Å². The van der Waals surface area contributed by atoms with Crippen LogP contribution in [0.1, 0.15) is 50.6 Å². The molecule has 0 bridgehead atoms. The van der Waals surface area contributed by atoms with Crippen molar-refractivity contribution in [3.63, 3.8) is 0 Å². The average molecular weight is 251 g/mol. The van der Waals surface area contributed by atoms with Crippen molar-refractivity contribution in [3.05, 3.63) is 11.9 Å². The van der Waals surface area contributed by atoms with E-state index in [2.05, 4.69) is 22.4 Å². The zero-order chi connectivity index (χ0) is 12.8. The van der Waals surface area contributed by atoms with Gasteiger partial charge in [-0.1, -0.05) is 19.8 Å². The maximum atomic E-state index is 11.7. The molecule has 1 amide bonds. The van der Waals surface area contributed by atoms with Crippen molar-refractivity contribution in [2.45, 2.75) is 44.9 Å². The summed E-state index contributed by atoms with van der Waals surface area (Å²) in [4.78, 5) is 11.7. The van der Waals surface area contributed by atoms with Gasteiger partial charge < -0.3 is 10.1 Å². The molecule has 5 nitrogen and oxygen atoms in total. The molecule has 1 aliphatic rings. The lowest BCUT2D eigenvalue weighted by Crippen LogP contribution is -2.19. The number of amides is 1. The van der Waals surface area contributed by atoms with Crippen LogP contribution in [0.3, 0.4) is 0 Å². The van der Waals surface area contributed by atoms with Gasteiger partial charge in [-0.15, -0.1) is 0 Å². The van der Waals surface area contributed by atoms with Crippen LogP contribution in [-0.2, 0) is 9.53 Å². The molecule has 1 heterocycles. The predicted molar refractivity (Wildman–Crippen MR) is 69.5 cm³/mol. The van der Waals surface area contributed by atoms with Crippen LogP contribution in [0, 0.1) is 0 Å². The Hall–Kier alpha value is -1.36. The quantitative estimate of drug-likeness (QED) is 0.697. The normalized spacial score (nSPS) is 14.7. The SMILES string of the molecule is CCCCCOCC(=O)Nc1cn[nH]c1C1CC1. The predicted octanol–water partition coefficient (Wildman–Crippen LogP) is 2.43. The molecule has 0 spiro atoms. The number of nitrogens with one attached hydrogen (secondary N) is 2. The third-order valence-corrected chi connectivity index (χ3v) is 3.05. The van der Waals surface area contributed by atoms with Crippen molar-refractivity contribution < 1.29 is 9.53 Å². The summed E-state index contributed by atoms with van der Waals surface area (Å²) in [5.74, 6) is 0.447. The minimum atomic E-state index is -0.102. The van der Waals surface area contributed by atoms with E-state index in [-0.39, 0.29) is 12.5 Å². The Morgan fingerprint density at radius 2 is 2.39 bits per heavy atom. The van der Waals surface area contributed by atoms with E-state index in [1.807, 2.05) is 0 Å². The highest BCUT2D eigenvalue weighted by Gasteiger charge is 2.28. The van der Waals surface area contributed by atoms with Gasteiger partial charge in [-0.05, 0) is 19.3 Å². The number of aromatic nitrogens is 2. The molecule has 5 heteroatoms. The molecule has 0 aliphatic heterocycles. The average Bonchev–Trinajstić information content (AvgIpc) is 3.10. The van der Waals surface area contributed by atoms with Gasteiger partial charge in [0.15, 0.2) is 0 Å². The first-order chi connectivity index (χ1) is 8.81. The van der Waals surface area contributed by atoms with E-state index >= 15 is 0 Å². The van der Waals surface area contributed by atoms with Crippen LogP contribution < -0.4 is 5.32 Å². The summed E-state index contributed by atoms with van der Waals surface area (Å²) in [7, 11) is 0. The van der Waals surface area contributed by atoms with Crippen LogP contribution in [0.25, 0.3) is 0 Å². The zero-order valence-corrected chi connectivity index (χ0v) is 10.9. The summed E-state index contributed by atoms with van der Waals surface area (Å²) in [6, 6.07) is 0. The van der Waals surface area contributed by atoms with Gasteiger partial charge in [-0.3, -0.25) is 9.89 Å². The summed E-state index contributed by atoms with van der Waals surface area (Å²) in [6.07, 6.45) is 7.35. The third kappa shape index (κ3) is 3.84. The number of nitrogens with zero attached hydrogens (tertiary/aromatic N) is 1. The molecule has 0 radical (unpaired) electrons. The second-order valence-corrected chi connectivity index (χ2v) is 4.78. The highest BCUT2D eigenvalue weighted by molar-refractivity contribution is 5.92. The zero-order valence-electron chi connectivity index (χ0n) is 10.9. The van der Waals surface area contributed by atoms with Crippen LogP contribution in [0.4, 0.5) is 5.69 Å². The number of carbonyl (C=O) groups is 1. The topological polar surface area (TPSA) is 67.0 Å². The standard InChI is InChI=1S/C13H21N3O2/c1-2-3-4-7-18-9-12(17)15-11-8-14-16-13(11)10-5-6-10/h8,10H,2-7,9H2,1H3,(H,14,16)(H,15,17). The van der Waals surface area contributed by atoms with E-state index in [9.17, 15) is 4.79 Å². The van der Waals surface area contributed by atoms with Crippen LogP contribution in [0.15, 0.2) is 6.20 Å².